The minimum Gasteiger partial charge on any atom is -0.394 e. The Morgan fingerprint density at radius 1 is 1.14 bits per heavy atom. The lowest BCUT2D eigenvalue weighted by Crippen LogP contribution is -2.51. The van der Waals surface area contributed by atoms with E-state index in [1.54, 1.807) is 0 Å². The molecule has 3 heteroatoms. The van der Waals surface area contributed by atoms with Crippen molar-refractivity contribution in [2.24, 2.45) is 11.8 Å². The first kappa shape index (κ1) is 17.2. The van der Waals surface area contributed by atoms with Gasteiger partial charge in [-0.05, 0) is 63.5 Å². The molecule has 3 unspecified atom stereocenters. The van der Waals surface area contributed by atoms with Crippen LogP contribution in [-0.2, 0) is 0 Å². The molecule has 0 aromatic carbocycles. The molecule has 3 nitrogen and oxygen atoms in total. The maximum Gasteiger partial charge on any atom is 0.0614 e. The van der Waals surface area contributed by atoms with Crippen LogP contribution in [-0.4, -0.2) is 47.3 Å². The maximum atomic E-state index is 9.87. The van der Waals surface area contributed by atoms with E-state index in [-0.39, 0.29) is 12.1 Å². The maximum absolute atomic E-state index is 9.87. The molecule has 1 heterocycles. The average Bonchev–Trinajstić information content (AvgIpc) is 2.68. The first-order valence-electron chi connectivity index (χ1n) is 9.08. The van der Waals surface area contributed by atoms with Gasteiger partial charge in [-0.1, -0.05) is 27.7 Å². The second kappa shape index (κ2) is 7.43. The van der Waals surface area contributed by atoms with E-state index < -0.39 is 0 Å². The third-order valence-corrected chi connectivity index (χ3v) is 5.75. The summed E-state index contributed by atoms with van der Waals surface area (Å²) in [6, 6.07) is 1.12. The van der Waals surface area contributed by atoms with Crippen molar-refractivity contribution in [3.63, 3.8) is 0 Å². The molecule has 1 saturated heterocycles. The zero-order valence-electron chi connectivity index (χ0n) is 14.6. The molecule has 0 aromatic heterocycles. The highest BCUT2D eigenvalue weighted by Gasteiger charge is 2.41. The minimum atomic E-state index is -0.0252. The molecule has 3 atom stereocenters. The molecular weight excluding hydrogens is 260 g/mol. The van der Waals surface area contributed by atoms with E-state index in [2.05, 4.69) is 37.9 Å². The van der Waals surface area contributed by atoms with Crippen molar-refractivity contribution in [2.45, 2.75) is 83.8 Å². The first-order chi connectivity index (χ1) is 9.96. The molecule has 2 fully saturated rings. The van der Waals surface area contributed by atoms with Crippen LogP contribution >= 0.6 is 0 Å². The molecule has 0 radical (unpaired) electrons. The second-order valence-corrected chi connectivity index (χ2v) is 8.11. The number of rotatable bonds is 5. The van der Waals surface area contributed by atoms with Crippen LogP contribution in [0.1, 0.15) is 66.2 Å². The Morgan fingerprint density at radius 3 is 2.52 bits per heavy atom. The predicted molar refractivity (Wildman–Crippen MR) is 89.5 cm³/mol. The van der Waals surface area contributed by atoms with Crippen molar-refractivity contribution < 1.29 is 5.11 Å². The van der Waals surface area contributed by atoms with Gasteiger partial charge in [-0.15, -0.1) is 0 Å². The number of aliphatic hydroxyl groups excluding tert-OH is 1. The summed E-state index contributed by atoms with van der Waals surface area (Å²) in [7, 11) is 0. The Labute approximate surface area is 131 Å². The van der Waals surface area contributed by atoms with Gasteiger partial charge in [0, 0.05) is 17.6 Å². The summed E-state index contributed by atoms with van der Waals surface area (Å²) in [5.74, 6) is 1.74. The van der Waals surface area contributed by atoms with Crippen molar-refractivity contribution in [3.05, 3.63) is 0 Å². The zero-order valence-corrected chi connectivity index (χ0v) is 14.6. The molecular formula is C18H36N2O. The number of nitrogens with one attached hydrogen (secondary N) is 1. The Hall–Kier alpha value is -0.120. The van der Waals surface area contributed by atoms with Crippen LogP contribution < -0.4 is 5.32 Å². The summed E-state index contributed by atoms with van der Waals surface area (Å²) in [5.41, 5.74) is -0.0252. The largest absolute Gasteiger partial charge is 0.394 e. The standard InChI is InChI=1S/C18H36N2O/c1-14(2)16-6-5-10-20(11-8-16)17-7-9-18(12-17,13-21)19-15(3)4/h14-17,19,21H,5-13H2,1-4H3. The van der Waals surface area contributed by atoms with Crippen LogP contribution in [0.25, 0.3) is 0 Å². The van der Waals surface area contributed by atoms with Crippen LogP contribution in [0.3, 0.4) is 0 Å². The van der Waals surface area contributed by atoms with Gasteiger partial charge in [-0.2, -0.15) is 0 Å². The highest BCUT2D eigenvalue weighted by atomic mass is 16.3. The van der Waals surface area contributed by atoms with Gasteiger partial charge in [0.05, 0.1) is 6.61 Å². The van der Waals surface area contributed by atoms with E-state index in [0.717, 1.165) is 24.7 Å². The quantitative estimate of drug-likeness (QED) is 0.818. The van der Waals surface area contributed by atoms with Gasteiger partial charge in [-0.3, -0.25) is 0 Å². The SMILES string of the molecule is CC(C)NC1(CO)CCC(N2CCCC(C(C)C)CC2)C1. The lowest BCUT2D eigenvalue weighted by molar-refractivity contribution is 0.136. The van der Waals surface area contributed by atoms with Gasteiger partial charge in [-0.25, -0.2) is 0 Å². The Morgan fingerprint density at radius 2 is 1.90 bits per heavy atom. The van der Waals surface area contributed by atoms with Crippen molar-refractivity contribution in [3.8, 4) is 0 Å². The second-order valence-electron chi connectivity index (χ2n) is 8.11. The van der Waals surface area contributed by atoms with Gasteiger partial charge in [0.1, 0.15) is 0 Å². The number of likely N-dealkylation sites (tertiary alicyclic amines) is 1. The van der Waals surface area contributed by atoms with Crippen molar-refractivity contribution in [1.82, 2.24) is 10.2 Å². The molecule has 2 N–H and O–H groups in total. The molecule has 21 heavy (non-hydrogen) atoms. The molecule has 1 saturated carbocycles. The fraction of sp³-hybridized carbons (Fsp3) is 1.00. The molecule has 0 spiro atoms. The summed E-state index contributed by atoms with van der Waals surface area (Å²) in [4.78, 5) is 2.72. The van der Waals surface area contributed by atoms with Crippen LogP contribution in [0, 0.1) is 11.8 Å². The minimum absolute atomic E-state index is 0.0252. The molecule has 124 valence electrons. The summed E-state index contributed by atoms with van der Waals surface area (Å²) < 4.78 is 0. The monoisotopic (exact) mass is 296 g/mol. The predicted octanol–water partition coefficient (Wildman–Crippen LogP) is 3.03. The van der Waals surface area contributed by atoms with Gasteiger partial charge < -0.3 is 15.3 Å². The summed E-state index contributed by atoms with van der Waals surface area (Å²) in [6.45, 7) is 11.9. The summed E-state index contributed by atoms with van der Waals surface area (Å²) in [5, 5.41) is 13.5. The number of nitrogens with zero attached hydrogens (tertiary/aromatic N) is 1. The normalized spacial score (nSPS) is 35.6. The van der Waals surface area contributed by atoms with Gasteiger partial charge >= 0.3 is 0 Å². The van der Waals surface area contributed by atoms with E-state index in [1.807, 2.05) is 0 Å². The van der Waals surface area contributed by atoms with Crippen molar-refractivity contribution in [2.75, 3.05) is 19.7 Å². The lowest BCUT2D eigenvalue weighted by atomic mass is 9.89. The first-order valence-corrected chi connectivity index (χ1v) is 9.08. The van der Waals surface area contributed by atoms with E-state index in [0.29, 0.717) is 12.1 Å². The molecule has 0 aromatic rings. The molecule has 1 aliphatic carbocycles. The van der Waals surface area contributed by atoms with E-state index >= 15 is 0 Å². The highest BCUT2D eigenvalue weighted by molar-refractivity contribution is 5.00. The van der Waals surface area contributed by atoms with Crippen LogP contribution in [0.2, 0.25) is 0 Å². The number of aliphatic hydroxyl groups is 1. The van der Waals surface area contributed by atoms with Crippen LogP contribution in [0.15, 0.2) is 0 Å². The van der Waals surface area contributed by atoms with E-state index in [1.165, 1.54) is 38.8 Å². The van der Waals surface area contributed by atoms with Gasteiger partial charge in [0.15, 0.2) is 0 Å². The van der Waals surface area contributed by atoms with Crippen LogP contribution in [0.5, 0.6) is 0 Å². The fourth-order valence-corrected chi connectivity index (χ4v) is 4.52. The summed E-state index contributed by atoms with van der Waals surface area (Å²) >= 11 is 0. The van der Waals surface area contributed by atoms with E-state index in [9.17, 15) is 5.11 Å². The molecule has 0 amide bonds. The smallest absolute Gasteiger partial charge is 0.0614 e. The Bertz CT molecular complexity index is 318. The molecule has 0 bridgehead atoms. The third kappa shape index (κ3) is 4.43. The molecule has 2 rings (SSSR count). The van der Waals surface area contributed by atoms with E-state index in [4.69, 9.17) is 0 Å². The zero-order chi connectivity index (χ0) is 15.5. The van der Waals surface area contributed by atoms with Gasteiger partial charge in [0.2, 0.25) is 0 Å². The lowest BCUT2D eigenvalue weighted by Gasteiger charge is -2.33. The summed E-state index contributed by atoms with van der Waals surface area (Å²) in [6.07, 6.45) is 7.59. The highest BCUT2D eigenvalue weighted by Crippen LogP contribution is 2.35. The number of hydrogen-bond donors (Lipinski definition) is 2. The Kier molecular flexibility index (Phi) is 6.10. The van der Waals surface area contributed by atoms with Crippen molar-refractivity contribution >= 4 is 0 Å². The van der Waals surface area contributed by atoms with Crippen LogP contribution in [0.4, 0.5) is 0 Å². The third-order valence-electron chi connectivity index (χ3n) is 5.75. The molecule has 1 aliphatic heterocycles. The average molecular weight is 296 g/mol. The molecule has 2 aliphatic rings. The number of hydrogen-bond acceptors (Lipinski definition) is 3. The van der Waals surface area contributed by atoms with Crippen molar-refractivity contribution in [1.29, 1.82) is 0 Å². The fourth-order valence-electron chi connectivity index (χ4n) is 4.52. The Balaban J connectivity index is 1.91. The topological polar surface area (TPSA) is 35.5 Å². The van der Waals surface area contributed by atoms with Gasteiger partial charge in [0.25, 0.3) is 0 Å².